The maximum absolute atomic E-state index is 12.7. The molecule has 0 saturated heterocycles. The average Bonchev–Trinajstić information content (AvgIpc) is 2.62. The van der Waals surface area contributed by atoms with Gasteiger partial charge in [0.2, 0.25) is 0 Å². The normalized spacial score (nSPS) is 10.9. The first-order valence-electron chi connectivity index (χ1n) is 8.32. The molecular weight excluding hydrogens is 371 g/mol. The van der Waals surface area contributed by atoms with Gasteiger partial charge in [0.25, 0.3) is 5.91 Å². The molecule has 0 unspecified atom stereocenters. The topological polar surface area (TPSA) is 62.2 Å². The van der Waals surface area contributed by atoms with Crippen LogP contribution in [0, 0.1) is 0 Å². The largest absolute Gasteiger partial charge is 0.396 e. The van der Waals surface area contributed by atoms with E-state index >= 15 is 0 Å². The van der Waals surface area contributed by atoms with E-state index < -0.39 is 5.91 Å². The minimum absolute atomic E-state index is 0.0535. The summed E-state index contributed by atoms with van der Waals surface area (Å²) in [5.74, 6) is -0.391. The molecule has 0 fully saturated rings. The summed E-state index contributed by atoms with van der Waals surface area (Å²) in [6, 6.07) is 10.5. The maximum Gasteiger partial charge on any atom is 0.258 e. The van der Waals surface area contributed by atoms with Crippen LogP contribution in [0.4, 0.5) is 5.69 Å². The second-order valence-electron chi connectivity index (χ2n) is 5.84. The minimum Gasteiger partial charge on any atom is -0.396 e. The van der Waals surface area contributed by atoms with Gasteiger partial charge in [-0.3, -0.25) is 9.78 Å². The van der Waals surface area contributed by atoms with Crippen molar-refractivity contribution in [1.82, 2.24) is 4.98 Å². The van der Waals surface area contributed by atoms with Crippen LogP contribution in [0.1, 0.15) is 28.4 Å². The molecule has 2 aromatic carbocycles. The monoisotopic (exact) mass is 388 g/mol. The number of aryl methyl sites for hydroxylation is 1. The van der Waals surface area contributed by atoms with E-state index in [1.807, 2.05) is 12.1 Å². The Morgan fingerprint density at radius 2 is 1.85 bits per heavy atom. The number of aliphatic hydroxyl groups excluding tert-OH is 1. The van der Waals surface area contributed by atoms with Gasteiger partial charge in [-0.25, -0.2) is 0 Å². The van der Waals surface area contributed by atoms with Crippen molar-refractivity contribution in [3.8, 4) is 0 Å². The van der Waals surface area contributed by atoms with Gasteiger partial charge in [0.15, 0.2) is 0 Å². The van der Waals surface area contributed by atoms with Crippen molar-refractivity contribution in [2.24, 2.45) is 0 Å². The molecule has 0 atom stereocenters. The second-order valence-corrected chi connectivity index (χ2v) is 6.66. The molecule has 3 aromatic rings. The van der Waals surface area contributed by atoms with E-state index in [0.29, 0.717) is 17.6 Å². The van der Waals surface area contributed by atoms with Crippen molar-refractivity contribution in [3.05, 3.63) is 69.3 Å². The van der Waals surface area contributed by atoms with Gasteiger partial charge in [-0.05, 0) is 42.2 Å². The van der Waals surface area contributed by atoms with E-state index in [9.17, 15) is 9.90 Å². The molecule has 134 valence electrons. The molecule has 6 heteroatoms. The van der Waals surface area contributed by atoms with Crippen LogP contribution in [0.15, 0.2) is 42.6 Å². The molecule has 1 amide bonds. The fourth-order valence-electron chi connectivity index (χ4n) is 3.03. The van der Waals surface area contributed by atoms with Crippen LogP contribution in [0.25, 0.3) is 10.9 Å². The number of aromatic nitrogens is 1. The number of carbonyl (C=O) groups excluding carboxylic acids is 1. The smallest absolute Gasteiger partial charge is 0.258 e. The third-order valence-electron chi connectivity index (χ3n) is 4.28. The fourth-order valence-corrected chi connectivity index (χ4v) is 3.60. The zero-order valence-corrected chi connectivity index (χ0v) is 15.7. The highest BCUT2D eigenvalue weighted by atomic mass is 35.5. The zero-order valence-electron chi connectivity index (χ0n) is 14.2. The molecule has 3 rings (SSSR count). The van der Waals surface area contributed by atoms with Crippen molar-refractivity contribution in [2.75, 3.05) is 11.9 Å². The van der Waals surface area contributed by atoms with E-state index in [2.05, 4.69) is 17.2 Å². The van der Waals surface area contributed by atoms with Gasteiger partial charge in [-0.15, -0.1) is 0 Å². The molecule has 0 aliphatic rings. The summed E-state index contributed by atoms with van der Waals surface area (Å²) in [7, 11) is 0. The number of fused-ring (bicyclic) bond motifs is 1. The number of para-hydroxylation sites is 1. The number of anilines is 1. The SMILES string of the molecule is CCc1cnc2c(NC(=O)c3c(Cl)cccc3Cl)cccc2c1CCO. The van der Waals surface area contributed by atoms with Crippen LogP contribution in [-0.4, -0.2) is 22.6 Å². The average molecular weight is 389 g/mol. The van der Waals surface area contributed by atoms with Crippen LogP contribution < -0.4 is 5.32 Å². The highest BCUT2D eigenvalue weighted by Crippen LogP contribution is 2.29. The minimum atomic E-state index is -0.391. The quantitative estimate of drug-likeness (QED) is 0.653. The van der Waals surface area contributed by atoms with Crippen molar-refractivity contribution < 1.29 is 9.90 Å². The lowest BCUT2D eigenvalue weighted by atomic mass is 9.99. The molecular formula is C20H18Cl2N2O2. The molecule has 0 spiro atoms. The van der Waals surface area contributed by atoms with Gasteiger partial charge in [-0.2, -0.15) is 0 Å². The molecule has 0 radical (unpaired) electrons. The molecule has 1 aromatic heterocycles. The predicted octanol–water partition coefficient (Wildman–Crippen LogP) is 4.89. The molecule has 0 aliphatic heterocycles. The van der Waals surface area contributed by atoms with Crippen LogP contribution in [0.2, 0.25) is 10.0 Å². The number of pyridine rings is 1. The van der Waals surface area contributed by atoms with Gasteiger partial charge in [0.1, 0.15) is 0 Å². The van der Waals surface area contributed by atoms with E-state index in [1.54, 1.807) is 30.5 Å². The number of rotatable bonds is 5. The Morgan fingerprint density at radius 1 is 1.15 bits per heavy atom. The summed E-state index contributed by atoms with van der Waals surface area (Å²) >= 11 is 12.3. The highest BCUT2D eigenvalue weighted by molar-refractivity contribution is 6.40. The number of halogens is 2. The number of carbonyl (C=O) groups is 1. The van der Waals surface area contributed by atoms with Crippen molar-refractivity contribution in [2.45, 2.75) is 19.8 Å². The van der Waals surface area contributed by atoms with Gasteiger partial charge in [0, 0.05) is 18.2 Å². The van der Waals surface area contributed by atoms with Crippen LogP contribution in [-0.2, 0) is 12.8 Å². The van der Waals surface area contributed by atoms with E-state index in [0.717, 1.165) is 22.9 Å². The van der Waals surface area contributed by atoms with Crippen LogP contribution in [0.5, 0.6) is 0 Å². The Balaban J connectivity index is 2.06. The van der Waals surface area contributed by atoms with Gasteiger partial charge in [0.05, 0.1) is 26.8 Å². The number of benzene rings is 2. The Labute approximate surface area is 161 Å². The summed E-state index contributed by atoms with van der Waals surface area (Å²) in [6.07, 6.45) is 3.16. The predicted molar refractivity (Wildman–Crippen MR) is 106 cm³/mol. The lowest BCUT2D eigenvalue weighted by Crippen LogP contribution is -2.14. The highest BCUT2D eigenvalue weighted by Gasteiger charge is 2.17. The first kappa shape index (κ1) is 18.6. The van der Waals surface area contributed by atoms with Gasteiger partial charge < -0.3 is 10.4 Å². The van der Waals surface area contributed by atoms with E-state index in [4.69, 9.17) is 23.2 Å². The molecule has 26 heavy (non-hydrogen) atoms. The van der Waals surface area contributed by atoms with Crippen molar-refractivity contribution in [1.29, 1.82) is 0 Å². The van der Waals surface area contributed by atoms with Gasteiger partial charge >= 0.3 is 0 Å². The summed E-state index contributed by atoms with van der Waals surface area (Å²) in [4.78, 5) is 17.2. The molecule has 4 nitrogen and oxygen atoms in total. The number of nitrogens with one attached hydrogen (secondary N) is 1. The summed E-state index contributed by atoms with van der Waals surface area (Å²) in [5, 5.41) is 13.8. The third-order valence-corrected chi connectivity index (χ3v) is 4.91. The fraction of sp³-hybridized carbons (Fsp3) is 0.200. The summed E-state index contributed by atoms with van der Waals surface area (Å²) in [5.41, 5.74) is 3.61. The number of nitrogens with zero attached hydrogens (tertiary/aromatic N) is 1. The Kier molecular flexibility index (Phi) is 5.77. The Bertz CT molecular complexity index is 953. The maximum atomic E-state index is 12.7. The standard InChI is InChI=1S/C20H18Cl2N2O2/c1-2-12-11-23-19-14(13(12)9-10-25)5-3-8-17(19)24-20(26)18-15(21)6-4-7-16(18)22/h3-8,11,25H,2,9-10H2,1H3,(H,24,26). The number of hydrogen-bond acceptors (Lipinski definition) is 3. The molecule has 0 aliphatic carbocycles. The van der Waals surface area contributed by atoms with Gasteiger partial charge in [-0.1, -0.05) is 48.3 Å². The van der Waals surface area contributed by atoms with Crippen LogP contribution >= 0.6 is 23.2 Å². The third kappa shape index (κ3) is 3.54. The Morgan fingerprint density at radius 3 is 2.50 bits per heavy atom. The van der Waals surface area contributed by atoms with Crippen molar-refractivity contribution >= 4 is 45.7 Å². The number of hydrogen-bond donors (Lipinski definition) is 2. The first-order valence-corrected chi connectivity index (χ1v) is 9.08. The zero-order chi connectivity index (χ0) is 18.7. The number of aliphatic hydroxyl groups is 1. The number of amides is 1. The Hall–Kier alpha value is -2.14. The molecule has 2 N–H and O–H groups in total. The lowest BCUT2D eigenvalue weighted by Gasteiger charge is -2.14. The molecule has 1 heterocycles. The van der Waals surface area contributed by atoms with Crippen molar-refractivity contribution in [3.63, 3.8) is 0 Å². The van der Waals surface area contributed by atoms with E-state index in [1.165, 1.54) is 0 Å². The lowest BCUT2D eigenvalue weighted by molar-refractivity contribution is 0.102. The van der Waals surface area contributed by atoms with E-state index in [-0.39, 0.29) is 22.2 Å². The first-order chi connectivity index (χ1) is 12.6. The summed E-state index contributed by atoms with van der Waals surface area (Å²) in [6.45, 7) is 2.10. The summed E-state index contributed by atoms with van der Waals surface area (Å²) < 4.78 is 0. The molecule has 0 saturated carbocycles. The second kappa shape index (κ2) is 8.04. The van der Waals surface area contributed by atoms with Crippen LogP contribution in [0.3, 0.4) is 0 Å². The molecule has 0 bridgehead atoms.